The molecule has 164 valence electrons. The van der Waals surface area contributed by atoms with Gasteiger partial charge in [-0.1, -0.05) is 17.3 Å². The number of benzene rings is 1. The van der Waals surface area contributed by atoms with E-state index in [1.54, 1.807) is 12.1 Å². The minimum Gasteiger partial charge on any atom is -0.487 e. The van der Waals surface area contributed by atoms with Crippen molar-refractivity contribution in [3.05, 3.63) is 64.7 Å². The number of carbonyl (C=O) groups is 2. The van der Waals surface area contributed by atoms with E-state index in [-0.39, 0.29) is 12.0 Å². The first-order chi connectivity index (χ1) is 15.6. The molecule has 1 N–H and O–H groups in total. The Morgan fingerprint density at radius 2 is 2.06 bits per heavy atom. The maximum Gasteiger partial charge on any atom is 0.339 e. The van der Waals surface area contributed by atoms with Crippen molar-refractivity contribution in [2.75, 3.05) is 13.7 Å². The fraction of sp³-hybridized carbons (Fsp3) is 0.333. The molecule has 1 amide bonds. The molecule has 0 saturated carbocycles. The largest absolute Gasteiger partial charge is 0.487 e. The lowest BCUT2D eigenvalue weighted by Crippen LogP contribution is -2.35. The molecule has 1 aliphatic carbocycles. The van der Waals surface area contributed by atoms with E-state index in [0.717, 1.165) is 53.9 Å². The van der Waals surface area contributed by atoms with Gasteiger partial charge in [0.2, 0.25) is 0 Å². The average molecular weight is 433 g/mol. The number of aryl methyl sites for hydroxylation is 1. The number of hydrogen-bond donors (Lipinski definition) is 1. The summed E-state index contributed by atoms with van der Waals surface area (Å²) < 4.78 is 16.3. The van der Waals surface area contributed by atoms with Crippen molar-refractivity contribution >= 4 is 11.9 Å². The number of rotatable bonds is 5. The second-order valence-corrected chi connectivity index (χ2v) is 8.01. The van der Waals surface area contributed by atoms with Crippen molar-refractivity contribution < 1.29 is 23.6 Å². The van der Waals surface area contributed by atoms with Crippen molar-refractivity contribution in [1.82, 2.24) is 15.5 Å². The molecule has 0 bridgehead atoms. The van der Waals surface area contributed by atoms with Crippen LogP contribution in [0.5, 0.6) is 5.75 Å². The summed E-state index contributed by atoms with van der Waals surface area (Å²) in [5.41, 5.74) is 4.32. The second-order valence-electron chi connectivity index (χ2n) is 8.01. The maximum atomic E-state index is 12.7. The topological polar surface area (TPSA) is 104 Å². The van der Waals surface area contributed by atoms with Gasteiger partial charge in [0, 0.05) is 30.2 Å². The van der Waals surface area contributed by atoms with E-state index in [1.807, 2.05) is 18.2 Å². The molecule has 32 heavy (non-hydrogen) atoms. The van der Waals surface area contributed by atoms with Gasteiger partial charge in [-0.25, -0.2) is 4.79 Å². The van der Waals surface area contributed by atoms with Gasteiger partial charge in [-0.3, -0.25) is 9.78 Å². The summed E-state index contributed by atoms with van der Waals surface area (Å²) in [7, 11) is 1.34. The van der Waals surface area contributed by atoms with Crippen molar-refractivity contribution in [1.29, 1.82) is 0 Å². The number of carbonyl (C=O) groups excluding carboxylic acids is 2. The number of methoxy groups -OCH3 is 1. The zero-order valence-electron chi connectivity index (χ0n) is 17.7. The predicted octanol–water partition coefficient (Wildman–Crippen LogP) is 3.14. The number of nitrogens with zero attached hydrogens (tertiary/aromatic N) is 2. The molecule has 2 aromatic heterocycles. The highest BCUT2D eigenvalue weighted by atomic mass is 16.5. The van der Waals surface area contributed by atoms with Gasteiger partial charge >= 0.3 is 5.97 Å². The molecule has 2 aliphatic rings. The highest BCUT2D eigenvalue weighted by Gasteiger charge is 2.28. The molecule has 1 atom stereocenters. The lowest BCUT2D eigenvalue weighted by molar-refractivity contribution is 0.0600. The van der Waals surface area contributed by atoms with Gasteiger partial charge in [-0.2, -0.15) is 0 Å². The Kier molecular flexibility index (Phi) is 5.34. The average Bonchev–Trinajstić information content (AvgIpc) is 3.46. The summed E-state index contributed by atoms with van der Waals surface area (Å²) in [6, 6.07) is 9.35. The smallest absolute Gasteiger partial charge is 0.339 e. The van der Waals surface area contributed by atoms with Crippen LogP contribution >= 0.6 is 0 Å². The Labute approximate surface area is 184 Å². The molecule has 3 aromatic rings. The number of ether oxygens (including phenoxy) is 2. The van der Waals surface area contributed by atoms with Crippen LogP contribution in [-0.4, -0.2) is 41.8 Å². The summed E-state index contributed by atoms with van der Waals surface area (Å²) in [6.07, 6.45) is 5.78. The van der Waals surface area contributed by atoms with E-state index in [0.29, 0.717) is 29.9 Å². The first-order valence-corrected chi connectivity index (χ1v) is 10.7. The Hall–Kier alpha value is -3.68. The first-order valence-electron chi connectivity index (χ1n) is 10.7. The van der Waals surface area contributed by atoms with Crippen molar-refractivity contribution in [2.24, 2.45) is 0 Å². The van der Waals surface area contributed by atoms with Crippen LogP contribution in [0.4, 0.5) is 0 Å². The number of esters is 1. The Balaban J connectivity index is 1.27. The normalized spacial score (nSPS) is 16.6. The monoisotopic (exact) mass is 433 g/mol. The third-order valence-electron chi connectivity index (χ3n) is 5.94. The van der Waals surface area contributed by atoms with Crippen molar-refractivity contribution in [3.8, 4) is 17.0 Å². The van der Waals surface area contributed by atoms with Crippen molar-refractivity contribution in [3.63, 3.8) is 0 Å². The summed E-state index contributed by atoms with van der Waals surface area (Å²) in [4.78, 5) is 28.7. The standard InChI is InChI=1S/C24H23N3O5/c1-30-24(29)15-9-10-19(25-12-15)17-7-4-5-14-11-16(31-22(14)17)13-26-23(28)21-18-6-2-3-8-20(18)32-27-21/h4-5,7,9-10,12,16H,2-3,6,8,11,13H2,1H3,(H,26,28)/t16-/m0/s1. The predicted molar refractivity (Wildman–Crippen MR) is 115 cm³/mol. The van der Waals surface area contributed by atoms with Crippen LogP contribution in [0.3, 0.4) is 0 Å². The van der Waals surface area contributed by atoms with Gasteiger partial charge in [-0.15, -0.1) is 0 Å². The fourth-order valence-electron chi connectivity index (χ4n) is 4.30. The van der Waals surface area contributed by atoms with E-state index >= 15 is 0 Å². The molecular formula is C24H23N3O5. The Morgan fingerprint density at radius 3 is 2.88 bits per heavy atom. The molecule has 3 heterocycles. The molecule has 8 nitrogen and oxygen atoms in total. The van der Waals surface area contributed by atoms with Gasteiger partial charge in [0.25, 0.3) is 5.91 Å². The summed E-state index contributed by atoms with van der Waals surface area (Å²) in [5, 5.41) is 6.94. The molecule has 0 radical (unpaired) electrons. The highest BCUT2D eigenvalue weighted by Crippen LogP contribution is 2.38. The van der Waals surface area contributed by atoms with E-state index < -0.39 is 5.97 Å². The van der Waals surface area contributed by atoms with E-state index in [4.69, 9.17) is 14.0 Å². The molecular weight excluding hydrogens is 410 g/mol. The van der Waals surface area contributed by atoms with E-state index in [9.17, 15) is 9.59 Å². The van der Waals surface area contributed by atoms with Crippen LogP contribution in [0.1, 0.15) is 50.6 Å². The minimum absolute atomic E-state index is 0.188. The number of nitrogens with one attached hydrogen (secondary N) is 1. The SMILES string of the molecule is COC(=O)c1ccc(-c2cccc3c2O[C@H](CNC(=O)c2noc4c2CCCC4)C3)nc1. The van der Waals surface area contributed by atoms with E-state index in [1.165, 1.54) is 13.3 Å². The highest BCUT2D eigenvalue weighted by molar-refractivity contribution is 5.94. The lowest BCUT2D eigenvalue weighted by Gasteiger charge is -2.14. The molecule has 0 fully saturated rings. The van der Waals surface area contributed by atoms with Crippen LogP contribution in [0.2, 0.25) is 0 Å². The molecule has 1 aliphatic heterocycles. The van der Waals surface area contributed by atoms with Gasteiger partial charge in [-0.05, 0) is 43.0 Å². The summed E-state index contributed by atoms with van der Waals surface area (Å²) >= 11 is 0. The first kappa shape index (κ1) is 20.2. The summed E-state index contributed by atoms with van der Waals surface area (Å²) in [5.74, 6) is 0.935. The van der Waals surface area contributed by atoms with Crippen LogP contribution < -0.4 is 10.1 Å². The van der Waals surface area contributed by atoms with E-state index in [2.05, 4.69) is 15.5 Å². The van der Waals surface area contributed by atoms with Gasteiger partial charge < -0.3 is 19.3 Å². The third-order valence-corrected chi connectivity index (χ3v) is 5.94. The Morgan fingerprint density at radius 1 is 1.19 bits per heavy atom. The summed E-state index contributed by atoms with van der Waals surface area (Å²) in [6.45, 7) is 0.364. The van der Waals surface area contributed by atoms with Crippen LogP contribution in [0, 0.1) is 0 Å². The van der Waals surface area contributed by atoms with Crippen LogP contribution in [-0.2, 0) is 24.0 Å². The number of pyridine rings is 1. The van der Waals surface area contributed by atoms with Gasteiger partial charge in [0.1, 0.15) is 17.6 Å². The zero-order valence-corrected chi connectivity index (χ0v) is 17.7. The number of amides is 1. The van der Waals surface area contributed by atoms with Gasteiger partial charge in [0.05, 0.1) is 24.9 Å². The minimum atomic E-state index is -0.428. The molecule has 0 unspecified atom stereocenters. The number of fused-ring (bicyclic) bond motifs is 2. The maximum absolute atomic E-state index is 12.7. The quantitative estimate of drug-likeness (QED) is 0.617. The second kappa shape index (κ2) is 8.45. The Bertz CT molecular complexity index is 1170. The molecule has 8 heteroatoms. The molecule has 0 spiro atoms. The fourth-order valence-corrected chi connectivity index (χ4v) is 4.30. The number of hydrogen-bond acceptors (Lipinski definition) is 7. The molecule has 0 saturated heterocycles. The van der Waals surface area contributed by atoms with Crippen LogP contribution in [0.25, 0.3) is 11.3 Å². The lowest BCUT2D eigenvalue weighted by atomic mass is 9.96. The van der Waals surface area contributed by atoms with Crippen LogP contribution in [0.15, 0.2) is 41.1 Å². The molecule has 5 rings (SSSR count). The third kappa shape index (κ3) is 3.72. The number of para-hydroxylation sites is 1. The zero-order chi connectivity index (χ0) is 22.1. The molecule has 1 aromatic carbocycles. The van der Waals surface area contributed by atoms with Crippen molar-refractivity contribution in [2.45, 2.75) is 38.2 Å². The number of aromatic nitrogens is 2. The van der Waals surface area contributed by atoms with Gasteiger partial charge in [0.15, 0.2) is 5.69 Å².